The van der Waals surface area contributed by atoms with Gasteiger partial charge in [-0.2, -0.15) is 0 Å². The van der Waals surface area contributed by atoms with E-state index in [0.717, 1.165) is 0 Å². The van der Waals surface area contributed by atoms with Crippen LogP contribution >= 0.6 is 15.8 Å². The van der Waals surface area contributed by atoms with E-state index in [1.54, 1.807) is 10.6 Å². The third kappa shape index (κ3) is 3.71. The Kier molecular flexibility index (Phi) is 5.82. The Bertz CT molecular complexity index is 1340. The van der Waals surface area contributed by atoms with Crippen LogP contribution in [-0.2, 0) is 0 Å². The number of fused-ring (bicyclic) bond motifs is 2. The van der Waals surface area contributed by atoms with Gasteiger partial charge in [-0.1, -0.05) is 123 Å². The lowest BCUT2D eigenvalue weighted by atomic mass is 9.84. The molecule has 0 fully saturated rings. The number of rotatable bonds is 5. The van der Waals surface area contributed by atoms with Gasteiger partial charge in [0.2, 0.25) is 0 Å². The normalized spacial score (nSPS) is 18.6. The summed E-state index contributed by atoms with van der Waals surface area (Å²) in [6.45, 7) is 4.84. The van der Waals surface area contributed by atoms with E-state index in [0.29, 0.717) is 11.8 Å². The third-order valence-corrected chi connectivity index (χ3v) is 11.0. The van der Waals surface area contributed by atoms with Crippen molar-refractivity contribution in [3.63, 3.8) is 0 Å². The monoisotopic (exact) mass is 474 g/mol. The summed E-state index contributed by atoms with van der Waals surface area (Å²) in [6.07, 6.45) is 5.02. The second kappa shape index (κ2) is 9.11. The molecule has 4 aromatic carbocycles. The minimum absolute atomic E-state index is 0.198. The van der Waals surface area contributed by atoms with Gasteiger partial charge in [0.1, 0.15) is 0 Å². The summed E-state index contributed by atoms with van der Waals surface area (Å²) in [5.41, 5.74) is 5.78. The lowest BCUT2D eigenvalue weighted by Crippen LogP contribution is -2.18. The highest BCUT2D eigenvalue weighted by molar-refractivity contribution is 7.77. The fourth-order valence-electron chi connectivity index (χ4n) is 5.58. The Balaban J connectivity index is 1.58. The molecule has 2 heteroatoms. The van der Waals surface area contributed by atoms with Crippen molar-refractivity contribution in [1.29, 1.82) is 0 Å². The molecule has 6 rings (SSSR count). The summed E-state index contributed by atoms with van der Waals surface area (Å²) >= 11 is 0. The van der Waals surface area contributed by atoms with E-state index in [2.05, 4.69) is 135 Å². The van der Waals surface area contributed by atoms with Crippen LogP contribution in [0.15, 0.2) is 120 Å². The summed E-state index contributed by atoms with van der Waals surface area (Å²) in [7, 11) is -0.839. The largest absolute Gasteiger partial charge is 0.0854 e. The van der Waals surface area contributed by atoms with Gasteiger partial charge >= 0.3 is 0 Å². The van der Waals surface area contributed by atoms with Gasteiger partial charge in [0.05, 0.1) is 0 Å². The number of hydrogen-bond donors (Lipinski definition) is 0. The van der Waals surface area contributed by atoms with Crippen molar-refractivity contribution in [3.8, 4) is 0 Å². The van der Waals surface area contributed by atoms with Crippen molar-refractivity contribution in [1.82, 2.24) is 0 Å². The van der Waals surface area contributed by atoms with Gasteiger partial charge in [-0.3, -0.25) is 0 Å². The van der Waals surface area contributed by atoms with E-state index in [4.69, 9.17) is 0 Å². The van der Waals surface area contributed by atoms with Gasteiger partial charge in [-0.05, 0) is 70.8 Å². The highest BCUT2D eigenvalue weighted by Crippen LogP contribution is 2.65. The van der Waals surface area contributed by atoms with Crippen molar-refractivity contribution in [2.75, 3.05) is 13.3 Å². The van der Waals surface area contributed by atoms with Crippen LogP contribution in [0.3, 0.4) is 0 Å². The Hall–Kier alpha value is -2.78. The SMILES string of the molecule is CP(C)C1=Cc2ccccc2C1C1C(P(c2ccccc2)c2ccccc2)=Cc2ccccc21. The zero-order valence-corrected chi connectivity index (χ0v) is 21.4. The molecule has 0 bridgehead atoms. The average molecular weight is 475 g/mol. The summed E-state index contributed by atoms with van der Waals surface area (Å²) in [5, 5.41) is 6.07. The topological polar surface area (TPSA) is 0 Å². The molecule has 0 saturated carbocycles. The molecule has 166 valence electrons. The summed E-state index contributed by atoms with van der Waals surface area (Å²) in [5.74, 6) is 0.771. The van der Waals surface area contributed by atoms with Crippen LogP contribution in [0.1, 0.15) is 34.1 Å². The standard InChI is InChI=1S/C32H28P2/c1-33(2)29-21-23-13-9-11-19-27(23)31(29)32-28-20-12-10-14-24(28)22-30(32)34(25-15-5-3-6-16-25)26-17-7-4-8-18-26/h3-22,31-32H,1-2H3. The zero-order chi connectivity index (χ0) is 23.1. The van der Waals surface area contributed by atoms with Gasteiger partial charge in [0, 0.05) is 11.8 Å². The number of allylic oxidation sites excluding steroid dienone is 2. The predicted molar refractivity (Wildman–Crippen MR) is 152 cm³/mol. The summed E-state index contributed by atoms with van der Waals surface area (Å²) in [4.78, 5) is 0. The average Bonchev–Trinajstić information content (AvgIpc) is 3.44. The Morgan fingerprint density at radius 1 is 0.471 bits per heavy atom. The molecule has 0 spiro atoms. The molecule has 2 aliphatic carbocycles. The van der Waals surface area contributed by atoms with Crippen molar-refractivity contribution >= 4 is 38.6 Å². The van der Waals surface area contributed by atoms with Crippen molar-refractivity contribution in [2.24, 2.45) is 0 Å². The molecule has 2 unspecified atom stereocenters. The van der Waals surface area contributed by atoms with Crippen LogP contribution in [0.5, 0.6) is 0 Å². The Morgan fingerprint density at radius 3 is 1.38 bits per heavy atom. The molecule has 0 nitrogen and oxygen atoms in total. The van der Waals surface area contributed by atoms with Crippen LogP contribution in [0.25, 0.3) is 12.2 Å². The molecule has 4 aromatic rings. The lowest BCUT2D eigenvalue weighted by molar-refractivity contribution is 0.739. The highest BCUT2D eigenvalue weighted by atomic mass is 31.1. The predicted octanol–water partition coefficient (Wildman–Crippen LogP) is 8.14. The van der Waals surface area contributed by atoms with E-state index in [1.807, 2.05) is 0 Å². The smallest absolute Gasteiger partial charge is 0.0216 e. The van der Waals surface area contributed by atoms with Crippen LogP contribution in [0.2, 0.25) is 0 Å². The highest BCUT2D eigenvalue weighted by Gasteiger charge is 2.42. The Labute approximate surface area is 205 Å². The fraction of sp³-hybridized carbons (Fsp3) is 0.125. The second-order valence-electron chi connectivity index (χ2n) is 9.25. The maximum absolute atomic E-state index is 2.53. The first-order valence-corrected chi connectivity index (χ1v) is 15.5. The maximum atomic E-state index is 2.53. The van der Waals surface area contributed by atoms with Gasteiger partial charge in [0.15, 0.2) is 0 Å². The molecular weight excluding hydrogens is 446 g/mol. The van der Waals surface area contributed by atoms with Crippen LogP contribution in [0, 0.1) is 0 Å². The molecule has 0 amide bonds. The Morgan fingerprint density at radius 2 is 0.882 bits per heavy atom. The van der Waals surface area contributed by atoms with Crippen molar-refractivity contribution < 1.29 is 0 Å². The van der Waals surface area contributed by atoms with Crippen LogP contribution in [-0.4, -0.2) is 13.3 Å². The van der Waals surface area contributed by atoms with E-state index in [1.165, 1.54) is 32.9 Å². The second-order valence-corrected chi connectivity index (χ2v) is 13.8. The molecule has 2 aliphatic rings. The van der Waals surface area contributed by atoms with E-state index < -0.39 is 7.92 Å². The molecule has 0 saturated heterocycles. The molecular formula is C32H28P2. The first-order chi connectivity index (χ1) is 16.7. The fourth-order valence-corrected chi connectivity index (χ4v) is 9.49. The van der Waals surface area contributed by atoms with Crippen molar-refractivity contribution in [3.05, 3.63) is 142 Å². The third-order valence-electron chi connectivity index (χ3n) is 7.04. The molecule has 2 atom stereocenters. The van der Waals surface area contributed by atoms with Gasteiger partial charge in [-0.25, -0.2) is 0 Å². The lowest BCUT2D eigenvalue weighted by Gasteiger charge is -2.33. The molecule has 0 heterocycles. The van der Waals surface area contributed by atoms with E-state index in [9.17, 15) is 0 Å². The molecule has 34 heavy (non-hydrogen) atoms. The first-order valence-electron chi connectivity index (χ1n) is 11.9. The maximum Gasteiger partial charge on any atom is 0.0216 e. The van der Waals surface area contributed by atoms with Crippen LogP contribution in [0.4, 0.5) is 0 Å². The van der Waals surface area contributed by atoms with E-state index >= 15 is 0 Å². The minimum atomic E-state index is -0.640. The van der Waals surface area contributed by atoms with Gasteiger partial charge < -0.3 is 0 Å². The van der Waals surface area contributed by atoms with Crippen molar-refractivity contribution in [2.45, 2.75) is 11.8 Å². The van der Waals surface area contributed by atoms with E-state index in [-0.39, 0.29) is 7.92 Å². The molecule has 0 radical (unpaired) electrons. The minimum Gasteiger partial charge on any atom is -0.0854 e. The van der Waals surface area contributed by atoms with Gasteiger partial charge in [0.25, 0.3) is 0 Å². The zero-order valence-electron chi connectivity index (χ0n) is 19.6. The number of benzene rings is 4. The molecule has 0 aliphatic heterocycles. The van der Waals surface area contributed by atoms with Crippen LogP contribution < -0.4 is 10.6 Å². The summed E-state index contributed by atoms with van der Waals surface area (Å²) < 4.78 is 0. The molecule has 0 aromatic heterocycles. The molecule has 0 N–H and O–H groups in total. The summed E-state index contributed by atoms with van der Waals surface area (Å²) in [6, 6.07) is 40.5. The number of hydrogen-bond acceptors (Lipinski definition) is 0. The quantitative estimate of drug-likeness (QED) is 0.256. The first kappa shape index (κ1) is 21.7. The van der Waals surface area contributed by atoms with Gasteiger partial charge in [-0.15, -0.1) is 0 Å².